The molecule has 5 nitrogen and oxygen atoms in total. The van der Waals surface area contributed by atoms with Gasteiger partial charge in [0.1, 0.15) is 6.54 Å². The van der Waals surface area contributed by atoms with Crippen molar-refractivity contribution in [2.75, 3.05) is 6.61 Å². The van der Waals surface area contributed by atoms with E-state index in [1.54, 1.807) is 0 Å². The third-order valence-electron chi connectivity index (χ3n) is 5.24. The van der Waals surface area contributed by atoms with Crippen LogP contribution in [0.15, 0.2) is 60.7 Å². The highest BCUT2D eigenvalue weighted by molar-refractivity contribution is 5.84. The normalized spacial score (nSPS) is 14.6. The minimum atomic E-state index is -0.415. The van der Waals surface area contributed by atoms with E-state index in [0.717, 1.165) is 35.0 Å². The smallest absolute Gasteiger partial charge is 0.326 e. The molecule has 0 saturated heterocycles. The molecule has 1 amide bonds. The van der Waals surface area contributed by atoms with Crippen LogP contribution in [-0.4, -0.2) is 23.1 Å². The van der Waals surface area contributed by atoms with Gasteiger partial charge in [-0.25, -0.2) is 0 Å². The third-order valence-corrected chi connectivity index (χ3v) is 5.24. The number of carbonyl (C=O) groups is 2. The molecule has 5 heteroatoms. The molecule has 1 aliphatic rings. The lowest BCUT2D eigenvalue weighted by Crippen LogP contribution is -2.34. The van der Waals surface area contributed by atoms with Crippen LogP contribution < -0.4 is 5.32 Å². The van der Waals surface area contributed by atoms with E-state index in [0.29, 0.717) is 5.92 Å². The van der Waals surface area contributed by atoms with Crippen LogP contribution in [0.2, 0.25) is 0 Å². The average molecular weight is 376 g/mol. The Labute approximate surface area is 164 Å². The van der Waals surface area contributed by atoms with E-state index < -0.39 is 5.97 Å². The minimum Gasteiger partial charge on any atom is -0.454 e. The molecule has 3 aromatic rings. The molecule has 2 aromatic carbocycles. The molecule has 1 heterocycles. The number of para-hydroxylation sites is 1. The summed E-state index contributed by atoms with van der Waals surface area (Å²) < 4.78 is 7.16. The lowest BCUT2D eigenvalue weighted by Gasteiger charge is -2.19. The van der Waals surface area contributed by atoms with Crippen LogP contribution in [0.5, 0.6) is 0 Å². The molecule has 28 heavy (non-hydrogen) atoms. The molecule has 0 spiro atoms. The summed E-state index contributed by atoms with van der Waals surface area (Å²) in [6.07, 6.45) is 2.22. The van der Waals surface area contributed by atoms with Gasteiger partial charge >= 0.3 is 5.97 Å². The molecule has 1 unspecified atom stereocenters. The second-order valence-corrected chi connectivity index (χ2v) is 7.38. The molecule has 4 rings (SSSR count). The second-order valence-electron chi connectivity index (χ2n) is 7.38. The van der Waals surface area contributed by atoms with E-state index in [4.69, 9.17) is 4.74 Å². The first-order valence-corrected chi connectivity index (χ1v) is 9.66. The van der Waals surface area contributed by atoms with Gasteiger partial charge in [0.2, 0.25) is 0 Å². The first-order valence-electron chi connectivity index (χ1n) is 9.66. The topological polar surface area (TPSA) is 60.3 Å². The Bertz CT molecular complexity index is 990. The monoisotopic (exact) mass is 376 g/mol. The van der Waals surface area contributed by atoms with Crippen molar-refractivity contribution in [1.82, 2.24) is 9.88 Å². The number of amides is 1. The summed E-state index contributed by atoms with van der Waals surface area (Å²) in [5.41, 5.74) is 3.07. The predicted molar refractivity (Wildman–Crippen MR) is 108 cm³/mol. The number of hydrogen-bond donors (Lipinski definition) is 1. The summed E-state index contributed by atoms with van der Waals surface area (Å²) in [5.74, 6) is -0.207. The van der Waals surface area contributed by atoms with Crippen LogP contribution in [0.25, 0.3) is 10.9 Å². The minimum absolute atomic E-state index is 0.0111. The van der Waals surface area contributed by atoms with Gasteiger partial charge in [-0.2, -0.15) is 0 Å². The molecule has 0 bridgehead atoms. The Morgan fingerprint density at radius 1 is 1.11 bits per heavy atom. The number of rotatable bonds is 7. The maximum absolute atomic E-state index is 12.4. The number of esters is 1. The predicted octanol–water partition coefficient (Wildman–Crippen LogP) is 3.76. The Hall–Kier alpha value is -3.08. The largest absolute Gasteiger partial charge is 0.454 e. The number of aryl methyl sites for hydroxylation is 1. The van der Waals surface area contributed by atoms with Crippen molar-refractivity contribution >= 4 is 22.8 Å². The molecule has 0 radical (unpaired) electrons. The summed E-state index contributed by atoms with van der Waals surface area (Å²) in [6, 6.07) is 19.9. The van der Waals surface area contributed by atoms with E-state index in [9.17, 15) is 9.59 Å². The van der Waals surface area contributed by atoms with Crippen molar-refractivity contribution in [3.8, 4) is 0 Å². The van der Waals surface area contributed by atoms with E-state index in [1.807, 2.05) is 72.2 Å². The number of fused-ring (bicyclic) bond motifs is 1. The van der Waals surface area contributed by atoms with E-state index >= 15 is 0 Å². The zero-order valence-corrected chi connectivity index (χ0v) is 15.9. The van der Waals surface area contributed by atoms with Gasteiger partial charge < -0.3 is 14.6 Å². The average Bonchev–Trinajstić information content (AvgIpc) is 3.50. The number of aromatic nitrogens is 1. The van der Waals surface area contributed by atoms with Crippen LogP contribution in [0.4, 0.5) is 0 Å². The summed E-state index contributed by atoms with van der Waals surface area (Å²) in [6.45, 7) is 1.80. The molecule has 0 aliphatic heterocycles. The number of benzene rings is 2. The molecule has 1 saturated carbocycles. The lowest BCUT2D eigenvalue weighted by molar-refractivity contribution is -0.149. The first kappa shape index (κ1) is 18.3. The van der Waals surface area contributed by atoms with Crippen LogP contribution in [0.1, 0.15) is 30.1 Å². The maximum Gasteiger partial charge on any atom is 0.326 e. The lowest BCUT2D eigenvalue weighted by atomic mass is 10.0. The van der Waals surface area contributed by atoms with E-state index in [2.05, 4.69) is 5.32 Å². The van der Waals surface area contributed by atoms with Gasteiger partial charge in [-0.15, -0.1) is 0 Å². The number of carbonyl (C=O) groups excluding carboxylic acids is 2. The number of nitrogens with zero attached hydrogens (tertiary/aromatic N) is 1. The molecule has 1 atom stereocenters. The highest BCUT2D eigenvalue weighted by Crippen LogP contribution is 2.40. The molecule has 1 N–H and O–H groups in total. The Kier molecular flexibility index (Phi) is 5.15. The zero-order chi connectivity index (χ0) is 19.5. The Morgan fingerprint density at radius 3 is 2.57 bits per heavy atom. The van der Waals surface area contributed by atoms with Gasteiger partial charge in [0.15, 0.2) is 6.61 Å². The van der Waals surface area contributed by atoms with Gasteiger partial charge in [0.05, 0.1) is 6.04 Å². The molecule has 1 aromatic heterocycles. The maximum atomic E-state index is 12.4. The highest BCUT2D eigenvalue weighted by Gasteiger charge is 2.33. The fourth-order valence-corrected chi connectivity index (χ4v) is 3.66. The summed E-state index contributed by atoms with van der Waals surface area (Å²) in [4.78, 5) is 24.6. The van der Waals surface area contributed by atoms with E-state index in [1.165, 1.54) is 0 Å². The van der Waals surface area contributed by atoms with Crippen molar-refractivity contribution in [2.45, 2.75) is 32.4 Å². The van der Waals surface area contributed by atoms with Crippen molar-refractivity contribution in [3.05, 3.63) is 71.9 Å². The van der Waals surface area contributed by atoms with Gasteiger partial charge in [-0.1, -0.05) is 48.5 Å². The van der Waals surface area contributed by atoms with Crippen molar-refractivity contribution in [3.63, 3.8) is 0 Å². The summed E-state index contributed by atoms with van der Waals surface area (Å²) in [5, 5.41) is 4.11. The molecule has 1 fully saturated rings. The van der Waals surface area contributed by atoms with E-state index in [-0.39, 0.29) is 25.1 Å². The number of ether oxygens (including phenoxy) is 1. The summed E-state index contributed by atoms with van der Waals surface area (Å²) in [7, 11) is 0. The van der Waals surface area contributed by atoms with Gasteiger partial charge in [-0.05, 0) is 48.8 Å². The van der Waals surface area contributed by atoms with Gasteiger partial charge in [0.25, 0.3) is 5.91 Å². The van der Waals surface area contributed by atoms with Gasteiger partial charge in [0, 0.05) is 11.2 Å². The Balaban J connectivity index is 1.34. The molecule has 144 valence electrons. The SMILES string of the molecule is Cc1cc2ccccc2n1CC(=O)OCC(=O)NC(c1ccccc1)C1CC1. The summed E-state index contributed by atoms with van der Waals surface area (Å²) >= 11 is 0. The number of hydrogen-bond acceptors (Lipinski definition) is 3. The zero-order valence-electron chi connectivity index (χ0n) is 15.9. The second kappa shape index (κ2) is 7.89. The molecule has 1 aliphatic carbocycles. The fraction of sp³-hybridized carbons (Fsp3) is 0.304. The quantitative estimate of drug-likeness (QED) is 0.639. The van der Waals surface area contributed by atoms with Crippen molar-refractivity contribution in [2.24, 2.45) is 5.92 Å². The van der Waals surface area contributed by atoms with Crippen LogP contribution in [0, 0.1) is 12.8 Å². The Morgan fingerprint density at radius 2 is 1.82 bits per heavy atom. The van der Waals surface area contributed by atoms with Crippen LogP contribution in [0.3, 0.4) is 0 Å². The van der Waals surface area contributed by atoms with Crippen LogP contribution >= 0.6 is 0 Å². The molecular formula is C23H24N2O3. The van der Waals surface area contributed by atoms with Crippen molar-refractivity contribution in [1.29, 1.82) is 0 Å². The highest BCUT2D eigenvalue weighted by atomic mass is 16.5. The standard InChI is InChI=1S/C23H24N2O3/c1-16-13-19-9-5-6-10-20(19)25(16)14-22(27)28-15-21(26)24-23(18-11-12-18)17-7-3-2-4-8-17/h2-10,13,18,23H,11-12,14-15H2,1H3,(H,24,26). The molecular weight excluding hydrogens is 352 g/mol. The fourth-order valence-electron chi connectivity index (χ4n) is 3.66. The number of nitrogens with one attached hydrogen (secondary N) is 1. The van der Waals surface area contributed by atoms with Crippen molar-refractivity contribution < 1.29 is 14.3 Å². The third kappa shape index (κ3) is 4.09. The first-order chi connectivity index (χ1) is 13.6. The van der Waals surface area contributed by atoms with Crippen LogP contribution in [-0.2, 0) is 20.9 Å². The van der Waals surface area contributed by atoms with Gasteiger partial charge in [-0.3, -0.25) is 9.59 Å².